The third kappa shape index (κ3) is 1.89. The minimum absolute atomic E-state index is 0.0869. The molecule has 0 aliphatic carbocycles. The number of carbonyl (C=O) groups is 1. The molecule has 2 atom stereocenters. The lowest BCUT2D eigenvalue weighted by molar-refractivity contribution is -0.143. The van der Waals surface area contributed by atoms with E-state index < -0.39 is 5.97 Å². The van der Waals surface area contributed by atoms with Gasteiger partial charge < -0.3 is 10.0 Å². The fourth-order valence-electron chi connectivity index (χ4n) is 2.57. The second-order valence-corrected chi connectivity index (χ2v) is 4.21. The van der Waals surface area contributed by atoms with Crippen LogP contribution in [0.2, 0.25) is 0 Å². The molecule has 1 saturated heterocycles. The molecular formula is C11H17N3O2. The molecule has 0 unspecified atom stereocenters. The molecule has 1 aromatic rings. The second kappa shape index (κ2) is 4.55. The summed E-state index contributed by atoms with van der Waals surface area (Å²) in [5.74, 6) is -0.936. The van der Waals surface area contributed by atoms with Crippen LogP contribution in [0.1, 0.15) is 26.2 Å². The van der Waals surface area contributed by atoms with E-state index in [0.29, 0.717) is 0 Å². The first-order valence-corrected chi connectivity index (χ1v) is 5.72. The van der Waals surface area contributed by atoms with E-state index in [0.717, 1.165) is 31.5 Å². The van der Waals surface area contributed by atoms with Crippen LogP contribution in [0.15, 0.2) is 12.4 Å². The van der Waals surface area contributed by atoms with E-state index >= 15 is 0 Å². The second-order valence-electron chi connectivity index (χ2n) is 4.21. The summed E-state index contributed by atoms with van der Waals surface area (Å²) in [6.45, 7) is 2.96. The molecular weight excluding hydrogens is 206 g/mol. The number of nitrogens with one attached hydrogen (secondary N) is 1. The first kappa shape index (κ1) is 11.0. The fourth-order valence-corrected chi connectivity index (χ4v) is 2.57. The number of nitrogens with zero attached hydrogens (tertiary/aromatic N) is 2. The largest absolute Gasteiger partial charge is 0.481 e. The maximum atomic E-state index is 11.2. The molecule has 5 heteroatoms. The average Bonchev–Trinajstić information content (AvgIpc) is 2.81. The third-order valence-electron chi connectivity index (χ3n) is 3.33. The van der Waals surface area contributed by atoms with E-state index in [9.17, 15) is 9.90 Å². The molecule has 2 rings (SSSR count). The Labute approximate surface area is 94.5 Å². The lowest BCUT2D eigenvalue weighted by atomic mass is 9.87. The first-order valence-electron chi connectivity index (χ1n) is 5.72. The van der Waals surface area contributed by atoms with E-state index in [2.05, 4.69) is 15.1 Å². The van der Waals surface area contributed by atoms with Gasteiger partial charge in [0.25, 0.3) is 0 Å². The number of aliphatic carboxylic acids is 1. The van der Waals surface area contributed by atoms with Crippen molar-refractivity contribution >= 4 is 11.7 Å². The predicted octanol–water partition coefficient (Wildman–Crippen LogP) is 1.49. The number of rotatable bonds is 3. The summed E-state index contributed by atoms with van der Waals surface area (Å²) in [5.41, 5.74) is 0.998. The van der Waals surface area contributed by atoms with Gasteiger partial charge in [0.2, 0.25) is 0 Å². The van der Waals surface area contributed by atoms with Crippen LogP contribution in [-0.2, 0) is 4.79 Å². The normalized spacial score (nSPS) is 25.7. The topological polar surface area (TPSA) is 69.2 Å². The van der Waals surface area contributed by atoms with Crippen LogP contribution in [-0.4, -0.2) is 33.9 Å². The van der Waals surface area contributed by atoms with Crippen molar-refractivity contribution in [2.75, 3.05) is 11.4 Å². The number of aromatic amines is 1. The Bertz CT molecular complexity index is 350. The van der Waals surface area contributed by atoms with Crippen molar-refractivity contribution in [2.45, 2.75) is 32.2 Å². The van der Waals surface area contributed by atoms with Crippen LogP contribution in [0.3, 0.4) is 0 Å². The molecule has 16 heavy (non-hydrogen) atoms. The number of carboxylic acids is 1. The maximum Gasteiger partial charge on any atom is 0.308 e. The van der Waals surface area contributed by atoms with Crippen LogP contribution in [0, 0.1) is 5.92 Å². The van der Waals surface area contributed by atoms with Crippen LogP contribution in [0.5, 0.6) is 0 Å². The Morgan fingerprint density at radius 3 is 3.12 bits per heavy atom. The summed E-state index contributed by atoms with van der Waals surface area (Å²) in [7, 11) is 0. The maximum absolute atomic E-state index is 11.2. The molecule has 0 aromatic carbocycles. The van der Waals surface area contributed by atoms with Gasteiger partial charge >= 0.3 is 5.97 Å². The van der Waals surface area contributed by atoms with Gasteiger partial charge in [-0.1, -0.05) is 6.92 Å². The van der Waals surface area contributed by atoms with Crippen LogP contribution < -0.4 is 4.90 Å². The highest BCUT2D eigenvalue weighted by molar-refractivity contribution is 5.72. The fraction of sp³-hybridized carbons (Fsp3) is 0.636. The molecule has 0 radical (unpaired) electrons. The quantitative estimate of drug-likeness (QED) is 0.814. The molecule has 88 valence electrons. The van der Waals surface area contributed by atoms with Crippen molar-refractivity contribution in [1.82, 2.24) is 10.2 Å². The standard InChI is InChI=1S/C11H17N3O2/c1-2-10-9(11(15)16)4-3-5-14(10)8-6-12-13-7-8/h6-7,9-10H,2-5H2,1H3,(H,12,13)(H,15,16)/t9-,10+/m0/s1. The van der Waals surface area contributed by atoms with Crippen molar-refractivity contribution in [1.29, 1.82) is 0 Å². The predicted molar refractivity (Wildman–Crippen MR) is 60.4 cm³/mol. The minimum atomic E-state index is -0.681. The monoisotopic (exact) mass is 223 g/mol. The third-order valence-corrected chi connectivity index (χ3v) is 3.33. The highest BCUT2D eigenvalue weighted by atomic mass is 16.4. The highest BCUT2D eigenvalue weighted by Gasteiger charge is 2.35. The number of hydrogen-bond acceptors (Lipinski definition) is 3. The van der Waals surface area contributed by atoms with Crippen molar-refractivity contribution in [3.63, 3.8) is 0 Å². The number of hydrogen-bond donors (Lipinski definition) is 2. The molecule has 5 nitrogen and oxygen atoms in total. The molecule has 1 aliphatic rings. The van der Waals surface area contributed by atoms with Crippen molar-refractivity contribution in [3.8, 4) is 0 Å². The van der Waals surface area contributed by atoms with E-state index in [4.69, 9.17) is 0 Å². The summed E-state index contributed by atoms with van der Waals surface area (Å²) in [4.78, 5) is 13.3. The molecule has 2 N–H and O–H groups in total. The minimum Gasteiger partial charge on any atom is -0.481 e. The molecule has 0 amide bonds. The number of H-pyrrole nitrogens is 1. The van der Waals surface area contributed by atoms with Gasteiger partial charge in [0.15, 0.2) is 0 Å². The van der Waals surface area contributed by atoms with Gasteiger partial charge in [-0.3, -0.25) is 9.89 Å². The van der Waals surface area contributed by atoms with Gasteiger partial charge in [-0.15, -0.1) is 0 Å². The van der Waals surface area contributed by atoms with Gasteiger partial charge in [-0.25, -0.2) is 0 Å². The number of piperidine rings is 1. The van der Waals surface area contributed by atoms with Crippen molar-refractivity contribution in [3.05, 3.63) is 12.4 Å². The average molecular weight is 223 g/mol. The van der Waals surface area contributed by atoms with Gasteiger partial charge in [-0.05, 0) is 19.3 Å². The SMILES string of the molecule is CC[C@@H]1[C@@H](C(=O)O)CCCN1c1cn[nH]c1. The summed E-state index contributed by atoms with van der Waals surface area (Å²) < 4.78 is 0. The summed E-state index contributed by atoms with van der Waals surface area (Å²) in [6.07, 6.45) is 6.14. The Kier molecular flexibility index (Phi) is 3.12. The Hall–Kier alpha value is -1.52. The summed E-state index contributed by atoms with van der Waals surface area (Å²) >= 11 is 0. The van der Waals surface area contributed by atoms with Gasteiger partial charge in [0.05, 0.1) is 17.8 Å². The number of aromatic nitrogens is 2. The zero-order valence-corrected chi connectivity index (χ0v) is 9.39. The summed E-state index contributed by atoms with van der Waals surface area (Å²) in [6, 6.07) is 0.0869. The van der Waals surface area contributed by atoms with Crippen LogP contribution in [0.25, 0.3) is 0 Å². The molecule has 1 aliphatic heterocycles. The zero-order chi connectivity index (χ0) is 11.5. The van der Waals surface area contributed by atoms with Gasteiger partial charge in [0, 0.05) is 18.8 Å². The van der Waals surface area contributed by atoms with Gasteiger partial charge in [-0.2, -0.15) is 5.10 Å². The van der Waals surface area contributed by atoms with Crippen LogP contribution >= 0.6 is 0 Å². The summed E-state index contributed by atoms with van der Waals surface area (Å²) in [5, 5.41) is 15.9. The van der Waals surface area contributed by atoms with E-state index in [1.807, 2.05) is 13.1 Å². The lowest BCUT2D eigenvalue weighted by Crippen LogP contribution is -2.47. The smallest absolute Gasteiger partial charge is 0.308 e. The van der Waals surface area contributed by atoms with E-state index in [1.54, 1.807) is 6.20 Å². The zero-order valence-electron chi connectivity index (χ0n) is 9.39. The number of anilines is 1. The number of carboxylic acid groups (broad SMARTS) is 1. The van der Waals surface area contributed by atoms with E-state index in [1.165, 1.54) is 0 Å². The molecule has 0 bridgehead atoms. The lowest BCUT2D eigenvalue weighted by Gasteiger charge is -2.39. The van der Waals surface area contributed by atoms with E-state index in [-0.39, 0.29) is 12.0 Å². The van der Waals surface area contributed by atoms with Gasteiger partial charge in [0.1, 0.15) is 0 Å². The first-order chi connectivity index (χ1) is 7.74. The molecule has 0 spiro atoms. The molecule has 1 fully saturated rings. The Morgan fingerprint density at radius 2 is 2.56 bits per heavy atom. The Morgan fingerprint density at radius 1 is 1.75 bits per heavy atom. The van der Waals surface area contributed by atoms with Crippen molar-refractivity contribution in [2.24, 2.45) is 5.92 Å². The van der Waals surface area contributed by atoms with Crippen LogP contribution in [0.4, 0.5) is 5.69 Å². The Balaban J connectivity index is 2.21. The highest BCUT2D eigenvalue weighted by Crippen LogP contribution is 2.30. The van der Waals surface area contributed by atoms with Crippen molar-refractivity contribution < 1.29 is 9.90 Å². The molecule has 0 saturated carbocycles. The molecule has 2 heterocycles. The molecule has 1 aromatic heterocycles.